The number of aryl methyl sites for hydroxylation is 3. The number of benzene rings is 1. The molecule has 0 bridgehead atoms. The van der Waals surface area contributed by atoms with Gasteiger partial charge in [-0.1, -0.05) is 23.8 Å². The molecule has 2 N–H and O–H groups in total. The van der Waals surface area contributed by atoms with Crippen molar-refractivity contribution < 1.29 is 4.92 Å². The van der Waals surface area contributed by atoms with Crippen LogP contribution in [0.3, 0.4) is 0 Å². The fraction of sp³-hybridized carbons (Fsp3) is 0.200. The zero-order valence-electron chi connectivity index (χ0n) is 12.4. The van der Waals surface area contributed by atoms with Crippen LogP contribution in [0.2, 0.25) is 0 Å². The molecule has 0 spiro atoms. The number of nitro groups is 1. The summed E-state index contributed by atoms with van der Waals surface area (Å²) in [6, 6.07) is 3.98. The maximum absolute atomic E-state index is 11.5. The van der Waals surface area contributed by atoms with Gasteiger partial charge in [0.15, 0.2) is 0 Å². The van der Waals surface area contributed by atoms with Gasteiger partial charge >= 0.3 is 16.9 Å². The molecule has 22 heavy (non-hydrogen) atoms. The molecule has 7 nitrogen and oxygen atoms in total. The highest BCUT2D eigenvalue weighted by Crippen LogP contribution is 2.20. The summed E-state index contributed by atoms with van der Waals surface area (Å²) in [6.45, 7) is 5.83. The summed E-state index contributed by atoms with van der Waals surface area (Å²) in [5.74, 6) is 0. The molecule has 7 heteroatoms. The highest BCUT2D eigenvalue weighted by atomic mass is 16.6. The molecule has 2 aromatic rings. The quantitative estimate of drug-likeness (QED) is 0.668. The number of hydrogen-bond donors (Lipinski definition) is 2. The third-order valence-corrected chi connectivity index (χ3v) is 3.28. The summed E-state index contributed by atoms with van der Waals surface area (Å²) < 4.78 is 0. The van der Waals surface area contributed by atoms with Gasteiger partial charge in [-0.15, -0.1) is 0 Å². The van der Waals surface area contributed by atoms with E-state index in [1.54, 1.807) is 6.08 Å². The van der Waals surface area contributed by atoms with Gasteiger partial charge < -0.3 is 4.98 Å². The van der Waals surface area contributed by atoms with Gasteiger partial charge in [-0.3, -0.25) is 19.9 Å². The summed E-state index contributed by atoms with van der Waals surface area (Å²) in [6.07, 6.45) is 3.03. The summed E-state index contributed by atoms with van der Waals surface area (Å²) >= 11 is 0. The Balaban J connectivity index is 2.59. The Morgan fingerprint density at radius 3 is 2.18 bits per heavy atom. The van der Waals surface area contributed by atoms with Crippen LogP contribution in [-0.4, -0.2) is 14.9 Å². The van der Waals surface area contributed by atoms with Gasteiger partial charge in [0.05, 0.1) is 4.92 Å². The zero-order chi connectivity index (χ0) is 16.4. The molecule has 1 aromatic carbocycles. The molecule has 0 radical (unpaired) electrons. The van der Waals surface area contributed by atoms with E-state index >= 15 is 0 Å². The van der Waals surface area contributed by atoms with Gasteiger partial charge in [-0.2, -0.15) is 0 Å². The lowest BCUT2D eigenvalue weighted by molar-refractivity contribution is -0.386. The van der Waals surface area contributed by atoms with Crippen molar-refractivity contribution in [3.8, 4) is 0 Å². The number of rotatable bonds is 3. The fourth-order valence-corrected chi connectivity index (χ4v) is 2.42. The average Bonchev–Trinajstić information content (AvgIpc) is 2.35. The van der Waals surface area contributed by atoms with Gasteiger partial charge in [-0.05, 0) is 43.5 Å². The molecule has 0 saturated carbocycles. The number of H-pyrrole nitrogens is 2. The Kier molecular flexibility index (Phi) is 4.07. The molecule has 0 unspecified atom stereocenters. The summed E-state index contributed by atoms with van der Waals surface area (Å²) in [5, 5.41) is 11.0. The van der Waals surface area contributed by atoms with E-state index in [-0.39, 0.29) is 5.69 Å². The largest absolute Gasteiger partial charge is 0.357 e. The first-order chi connectivity index (χ1) is 10.3. The minimum atomic E-state index is -1.02. The van der Waals surface area contributed by atoms with Crippen molar-refractivity contribution in [2.45, 2.75) is 20.8 Å². The Hall–Kier alpha value is -2.96. The van der Waals surface area contributed by atoms with E-state index in [2.05, 4.69) is 4.98 Å². The summed E-state index contributed by atoms with van der Waals surface area (Å²) in [4.78, 5) is 37.1. The smallest absolute Gasteiger partial charge is 0.301 e. The van der Waals surface area contributed by atoms with Crippen molar-refractivity contribution in [3.63, 3.8) is 0 Å². The summed E-state index contributed by atoms with van der Waals surface area (Å²) in [5.41, 5.74) is 1.39. The SMILES string of the molecule is Cc1cc(C)c(/C=C/c2[nH]c(=O)[nH]c(=O)c2[N+](=O)[O-])c(C)c1. The predicted octanol–water partition coefficient (Wildman–Crippen LogP) is 2.07. The zero-order valence-corrected chi connectivity index (χ0v) is 12.4. The van der Waals surface area contributed by atoms with Gasteiger partial charge in [-0.25, -0.2) is 4.79 Å². The van der Waals surface area contributed by atoms with Crippen LogP contribution in [0.1, 0.15) is 27.9 Å². The van der Waals surface area contributed by atoms with Crippen LogP contribution in [0, 0.1) is 30.9 Å². The van der Waals surface area contributed by atoms with E-state index in [1.165, 1.54) is 6.08 Å². The molecular weight excluding hydrogens is 286 g/mol. The second-order valence-corrected chi connectivity index (χ2v) is 5.07. The third kappa shape index (κ3) is 3.03. The number of nitrogens with one attached hydrogen (secondary N) is 2. The molecular formula is C15H15N3O4. The molecule has 0 saturated heterocycles. The molecule has 114 valence electrons. The van der Waals surface area contributed by atoms with Crippen LogP contribution >= 0.6 is 0 Å². The third-order valence-electron chi connectivity index (χ3n) is 3.28. The monoisotopic (exact) mass is 301 g/mol. The maximum atomic E-state index is 11.5. The van der Waals surface area contributed by atoms with Crippen LogP contribution in [-0.2, 0) is 0 Å². The van der Waals surface area contributed by atoms with Gasteiger partial charge in [0.2, 0.25) is 0 Å². The van der Waals surface area contributed by atoms with Crippen LogP contribution in [0.25, 0.3) is 12.2 Å². The van der Waals surface area contributed by atoms with Crippen LogP contribution in [0.5, 0.6) is 0 Å². The van der Waals surface area contributed by atoms with Gasteiger partial charge in [0.25, 0.3) is 0 Å². The molecule has 0 fully saturated rings. The van der Waals surface area contributed by atoms with Gasteiger partial charge in [0, 0.05) is 0 Å². The highest BCUT2D eigenvalue weighted by Gasteiger charge is 2.18. The molecule has 0 atom stereocenters. The minimum absolute atomic E-state index is 0.127. The fourth-order valence-electron chi connectivity index (χ4n) is 2.42. The highest BCUT2D eigenvalue weighted by molar-refractivity contribution is 5.74. The van der Waals surface area contributed by atoms with Crippen molar-refractivity contribution in [1.82, 2.24) is 9.97 Å². The number of aromatic amines is 2. The van der Waals surface area contributed by atoms with E-state index < -0.39 is 21.9 Å². The van der Waals surface area contributed by atoms with Crippen LogP contribution in [0.15, 0.2) is 21.7 Å². The molecule has 0 aliphatic heterocycles. The summed E-state index contributed by atoms with van der Waals surface area (Å²) in [7, 11) is 0. The van der Waals surface area contributed by atoms with Crippen molar-refractivity contribution in [1.29, 1.82) is 0 Å². The normalized spacial score (nSPS) is 11.0. The standard InChI is InChI=1S/C15H15N3O4/c1-8-6-9(2)11(10(3)7-8)4-5-12-13(18(21)22)14(19)17-15(20)16-12/h4-7H,1-3H3,(H2,16,17,19,20)/b5-4+. The molecule has 0 aliphatic rings. The van der Waals surface area contributed by atoms with Gasteiger partial charge in [0.1, 0.15) is 5.69 Å². The predicted molar refractivity (Wildman–Crippen MR) is 83.9 cm³/mol. The Bertz CT molecular complexity index is 867. The number of nitrogens with zero attached hydrogens (tertiary/aromatic N) is 1. The van der Waals surface area contributed by atoms with E-state index in [1.807, 2.05) is 37.9 Å². The molecule has 1 heterocycles. The van der Waals surface area contributed by atoms with Crippen LogP contribution in [0.4, 0.5) is 5.69 Å². The Morgan fingerprint density at radius 2 is 1.64 bits per heavy atom. The topological polar surface area (TPSA) is 109 Å². The molecule has 0 amide bonds. The molecule has 1 aromatic heterocycles. The lowest BCUT2D eigenvalue weighted by atomic mass is 9.99. The second kappa shape index (κ2) is 5.80. The van der Waals surface area contributed by atoms with E-state index in [0.717, 1.165) is 22.3 Å². The first-order valence-corrected chi connectivity index (χ1v) is 6.56. The number of hydrogen-bond acceptors (Lipinski definition) is 4. The molecule has 0 aliphatic carbocycles. The van der Waals surface area contributed by atoms with Crippen molar-refractivity contribution in [2.75, 3.05) is 0 Å². The van der Waals surface area contributed by atoms with E-state index in [9.17, 15) is 19.7 Å². The minimum Gasteiger partial charge on any atom is -0.301 e. The van der Waals surface area contributed by atoms with Crippen molar-refractivity contribution in [3.05, 3.63) is 71.0 Å². The van der Waals surface area contributed by atoms with Crippen molar-refractivity contribution >= 4 is 17.8 Å². The maximum Gasteiger partial charge on any atom is 0.357 e. The number of aromatic nitrogens is 2. The molecule has 2 rings (SSSR count). The second-order valence-electron chi connectivity index (χ2n) is 5.07. The Labute approximate surface area is 125 Å². The Morgan fingerprint density at radius 1 is 1.05 bits per heavy atom. The van der Waals surface area contributed by atoms with E-state index in [0.29, 0.717) is 0 Å². The lowest BCUT2D eigenvalue weighted by Crippen LogP contribution is -2.25. The van der Waals surface area contributed by atoms with Crippen molar-refractivity contribution in [2.24, 2.45) is 0 Å². The average molecular weight is 301 g/mol. The first kappa shape index (κ1) is 15.4. The lowest BCUT2D eigenvalue weighted by Gasteiger charge is -2.07. The van der Waals surface area contributed by atoms with E-state index in [4.69, 9.17) is 0 Å². The van der Waals surface area contributed by atoms with Crippen LogP contribution < -0.4 is 11.2 Å². The first-order valence-electron chi connectivity index (χ1n) is 6.56.